The second-order valence-corrected chi connectivity index (χ2v) is 2.42. The van der Waals surface area contributed by atoms with Crippen LogP contribution in [0.25, 0.3) is 10.5 Å². The Hall–Kier alpha value is -2.64. The Morgan fingerprint density at radius 1 is 1.29 bits per heavy atom. The molecule has 0 heterocycles. The molecule has 1 aromatic carbocycles. The number of diazo groups is 1. The molecule has 0 aromatic heterocycles. The lowest BCUT2D eigenvalue weighted by Crippen LogP contribution is -1.80. The first-order chi connectivity index (χ1) is 6.83. The van der Waals surface area contributed by atoms with Crippen molar-refractivity contribution in [3.05, 3.63) is 40.9 Å². The highest BCUT2D eigenvalue weighted by Crippen LogP contribution is 2.25. The molecular weight excluding hydrogens is 176 g/mol. The van der Waals surface area contributed by atoms with Gasteiger partial charge in [-0.3, -0.25) is 0 Å². The zero-order valence-corrected chi connectivity index (χ0v) is 7.18. The average molecular weight is 181 g/mol. The molecule has 0 saturated heterocycles. The van der Waals surface area contributed by atoms with Gasteiger partial charge in [0.05, 0.1) is 17.2 Å². The molecule has 0 bridgehead atoms. The maximum absolute atomic E-state index is 8.74. The summed E-state index contributed by atoms with van der Waals surface area (Å²) in [5.74, 6) is 0. The Morgan fingerprint density at radius 2 is 2.00 bits per heavy atom. The lowest BCUT2D eigenvalue weighted by atomic mass is 10.1. The highest BCUT2D eigenvalue weighted by molar-refractivity contribution is 5.85. The van der Waals surface area contributed by atoms with Gasteiger partial charge in [-0.05, 0) is 6.07 Å². The lowest BCUT2D eigenvalue weighted by Gasteiger charge is -1.91. The summed E-state index contributed by atoms with van der Waals surface area (Å²) < 4.78 is 0. The molecule has 0 saturated carbocycles. The van der Waals surface area contributed by atoms with E-state index in [0.29, 0.717) is 5.56 Å². The van der Waals surface area contributed by atoms with Crippen LogP contribution in [0.15, 0.2) is 30.3 Å². The molecule has 0 radical (unpaired) electrons. The van der Waals surface area contributed by atoms with Crippen LogP contribution < -0.4 is 0 Å². The fourth-order valence-electron chi connectivity index (χ4n) is 1.02. The van der Waals surface area contributed by atoms with Crippen LogP contribution in [0.2, 0.25) is 0 Å². The molecule has 64 valence electrons. The second-order valence-electron chi connectivity index (χ2n) is 2.42. The van der Waals surface area contributed by atoms with Crippen molar-refractivity contribution in [1.82, 2.24) is 0 Å². The smallest absolute Gasteiger partial charge is 0.193 e. The van der Waals surface area contributed by atoms with Crippen LogP contribution in [0.5, 0.6) is 0 Å². The van der Waals surface area contributed by atoms with Gasteiger partial charge in [-0.15, -0.1) is 0 Å². The summed E-state index contributed by atoms with van der Waals surface area (Å²) in [6, 6.07) is 10.2. The molecule has 0 spiro atoms. The van der Waals surface area contributed by atoms with E-state index in [1.54, 1.807) is 30.3 Å². The van der Waals surface area contributed by atoms with Gasteiger partial charge in [-0.1, -0.05) is 12.1 Å². The maximum atomic E-state index is 8.74. The molecule has 1 aromatic rings. The minimum absolute atomic E-state index is 0.181. The third-order valence-corrected chi connectivity index (χ3v) is 1.63. The largest absolute Gasteiger partial charge is 0.393 e. The molecule has 4 nitrogen and oxygen atoms in total. The van der Waals surface area contributed by atoms with Crippen LogP contribution >= 0.6 is 0 Å². The minimum Gasteiger partial charge on any atom is -0.193 e. The van der Waals surface area contributed by atoms with Gasteiger partial charge in [-0.2, -0.15) is 10.5 Å². The summed E-state index contributed by atoms with van der Waals surface area (Å²) in [7, 11) is 0. The van der Waals surface area contributed by atoms with Crippen LogP contribution in [-0.2, 0) is 0 Å². The summed E-state index contributed by atoms with van der Waals surface area (Å²) >= 11 is 0. The van der Waals surface area contributed by atoms with Crippen LogP contribution in [0.3, 0.4) is 0 Å². The van der Waals surface area contributed by atoms with Gasteiger partial charge in [0, 0.05) is 12.1 Å². The van der Waals surface area contributed by atoms with Crippen LogP contribution in [0.4, 0.5) is 5.69 Å². The van der Waals surface area contributed by atoms with E-state index < -0.39 is 0 Å². The van der Waals surface area contributed by atoms with Crippen molar-refractivity contribution in [2.75, 3.05) is 0 Å². The van der Waals surface area contributed by atoms with E-state index in [9.17, 15) is 0 Å². The first kappa shape index (κ1) is 9.45. The highest BCUT2D eigenvalue weighted by Gasteiger charge is 2.15. The lowest BCUT2D eigenvalue weighted by molar-refractivity contribution is 1.45. The molecule has 0 amide bonds. The number of nitrogens with zero attached hydrogens (tertiary/aromatic N) is 4. The first-order valence-corrected chi connectivity index (χ1v) is 3.78. The first-order valence-electron chi connectivity index (χ1n) is 3.78. The van der Waals surface area contributed by atoms with E-state index in [2.05, 4.69) is 4.98 Å². The van der Waals surface area contributed by atoms with Crippen molar-refractivity contribution in [2.24, 2.45) is 0 Å². The van der Waals surface area contributed by atoms with Gasteiger partial charge in [0.25, 0.3) is 0 Å². The van der Waals surface area contributed by atoms with E-state index in [1.807, 2.05) is 6.07 Å². The number of hydrogen-bond donors (Lipinski definition) is 0. The van der Waals surface area contributed by atoms with E-state index in [-0.39, 0.29) is 11.3 Å². The zero-order chi connectivity index (χ0) is 10.4. The predicted molar refractivity (Wildman–Crippen MR) is 50.4 cm³/mol. The number of allylic oxidation sites excluding steroid dienone is 2. The van der Waals surface area contributed by atoms with Crippen molar-refractivity contribution >= 4 is 11.3 Å². The topological polar surface area (TPSA) is 75.7 Å². The van der Waals surface area contributed by atoms with Gasteiger partial charge in [0.2, 0.25) is 5.39 Å². The fourth-order valence-corrected chi connectivity index (χ4v) is 1.02. The predicted octanol–water partition coefficient (Wildman–Crippen LogP) is 2.60. The normalized spacial score (nSPS) is 9.64. The summed E-state index contributed by atoms with van der Waals surface area (Å²) in [5, 5.41) is 25.8. The molecule has 0 fully saturated rings. The Morgan fingerprint density at radius 3 is 2.57 bits per heavy atom. The fraction of sp³-hybridized carbons (Fsp3) is 0. The standard InChI is InChI=1S/C10H5N4/c11-6-5-8(7-12)9-3-1-2-4-10(9)14-13/h1-5H/q+1/b8-5+. The average Bonchev–Trinajstić information content (AvgIpc) is 2.26. The Bertz CT molecular complexity index is 494. The maximum Gasteiger partial charge on any atom is 0.393 e. The monoisotopic (exact) mass is 181 g/mol. The number of rotatable bonds is 1. The van der Waals surface area contributed by atoms with Crippen molar-refractivity contribution in [2.45, 2.75) is 0 Å². The molecule has 4 heteroatoms. The van der Waals surface area contributed by atoms with Gasteiger partial charge in [0.15, 0.2) is 4.98 Å². The van der Waals surface area contributed by atoms with Gasteiger partial charge >= 0.3 is 5.69 Å². The molecule has 0 aliphatic rings. The van der Waals surface area contributed by atoms with Crippen molar-refractivity contribution < 1.29 is 0 Å². The third kappa shape index (κ3) is 1.75. The Labute approximate surface area is 80.9 Å². The summed E-state index contributed by atoms with van der Waals surface area (Å²) in [6.07, 6.45) is 1.12. The molecule has 0 aliphatic heterocycles. The van der Waals surface area contributed by atoms with Gasteiger partial charge in [0.1, 0.15) is 6.07 Å². The van der Waals surface area contributed by atoms with Crippen LogP contribution in [0.1, 0.15) is 5.56 Å². The minimum atomic E-state index is 0.181. The Kier molecular flexibility index (Phi) is 2.97. The summed E-state index contributed by atoms with van der Waals surface area (Å²) in [6.45, 7) is 0. The highest BCUT2D eigenvalue weighted by atomic mass is 14.8. The second kappa shape index (κ2) is 4.40. The van der Waals surface area contributed by atoms with E-state index in [0.717, 1.165) is 6.08 Å². The van der Waals surface area contributed by atoms with E-state index in [4.69, 9.17) is 15.9 Å². The molecule has 0 N–H and O–H groups in total. The number of nitriles is 2. The number of hydrogen-bond acceptors (Lipinski definition) is 3. The molecule has 1 rings (SSSR count). The van der Waals surface area contributed by atoms with Gasteiger partial charge in [-0.25, -0.2) is 0 Å². The van der Waals surface area contributed by atoms with Crippen molar-refractivity contribution in [3.63, 3.8) is 0 Å². The molecule has 0 aliphatic carbocycles. The quantitative estimate of drug-likeness (QED) is 0.493. The van der Waals surface area contributed by atoms with Crippen molar-refractivity contribution in [3.8, 4) is 12.1 Å². The Balaban J connectivity index is 3.35. The summed E-state index contributed by atoms with van der Waals surface area (Å²) in [4.78, 5) is 3.02. The summed E-state index contributed by atoms with van der Waals surface area (Å²) in [5.41, 5.74) is 0.899. The third-order valence-electron chi connectivity index (χ3n) is 1.63. The van der Waals surface area contributed by atoms with Crippen LogP contribution in [0, 0.1) is 28.1 Å². The molecule has 0 atom stereocenters. The van der Waals surface area contributed by atoms with Gasteiger partial charge < -0.3 is 0 Å². The van der Waals surface area contributed by atoms with Crippen LogP contribution in [-0.4, -0.2) is 0 Å². The number of benzene rings is 1. The molecule has 14 heavy (non-hydrogen) atoms. The van der Waals surface area contributed by atoms with E-state index in [1.165, 1.54) is 0 Å². The van der Waals surface area contributed by atoms with E-state index >= 15 is 0 Å². The van der Waals surface area contributed by atoms with Crippen molar-refractivity contribution in [1.29, 1.82) is 15.9 Å². The molecular formula is C10H5N4+. The zero-order valence-electron chi connectivity index (χ0n) is 7.18. The SMILES string of the molecule is N#C/C=C(\C#N)c1ccccc1[N+]#N. The molecule has 0 unspecified atom stereocenters.